The van der Waals surface area contributed by atoms with Gasteiger partial charge in [-0.1, -0.05) is 19.9 Å². The van der Waals surface area contributed by atoms with Gasteiger partial charge in [0.25, 0.3) is 0 Å². The van der Waals surface area contributed by atoms with Crippen LogP contribution in [0.2, 0.25) is 0 Å². The average Bonchev–Trinajstić information content (AvgIpc) is 3.05. The number of nitrogens with one attached hydrogen (secondary N) is 1. The van der Waals surface area contributed by atoms with E-state index in [1.165, 1.54) is 21.6 Å². The van der Waals surface area contributed by atoms with Crippen LogP contribution in [0, 0.1) is 6.92 Å². The summed E-state index contributed by atoms with van der Waals surface area (Å²) in [6.07, 6.45) is 2.16. The molecule has 1 aliphatic carbocycles. The molecule has 2 aromatic rings. The molecule has 0 bridgehead atoms. The number of hydrogen-bond donors (Lipinski definition) is 2. The summed E-state index contributed by atoms with van der Waals surface area (Å²) in [7, 11) is 0. The molecule has 2 unspecified atom stereocenters. The summed E-state index contributed by atoms with van der Waals surface area (Å²) in [5.41, 5.74) is 5.20. The molecule has 1 aliphatic rings. The molecule has 2 atom stereocenters. The van der Waals surface area contributed by atoms with E-state index in [0.29, 0.717) is 11.7 Å². The Morgan fingerprint density at radius 2 is 2.10 bits per heavy atom. The topological polar surface area (TPSA) is 32.3 Å². The van der Waals surface area contributed by atoms with Gasteiger partial charge in [0.2, 0.25) is 0 Å². The Morgan fingerprint density at radius 1 is 1.29 bits per heavy atom. The highest BCUT2D eigenvalue weighted by Gasteiger charge is 2.31. The number of thiophene rings is 1. The SMILES string of the molecule is CCc1ccsc1CNC1CC(C)c2c(C)ccc(O)c21. The highest BCUT2D eigenvalue weighted by atomic mass is 32.1. The van der Waals surface area contributed by atoms with Crippen molar-refractivity contribution < 1.29 is 5.11 Å². The van der Waals surface area contributed by atoms with E-state index < -0.39 is 0 Å². The smallest absolute Gasteiger partial charge is 0.120 e. The van der Waals surface area contributed by atoms with Gasteiger partial charge in [-0.3, -0.25) is 0 Å². The zero-order valence-corrected chi connectivity index (χ0v) is 13.8. The third-order valence-corrected chi connectivity index (χ3v) is 5.60. The molecule has 1 aromatic heterocycles. The van der Waals surface area contributed by atoms with E-state index in [4.69, 9.17) is 0 Å². The molecule has 2 N–H and O–H groups in total. The summed E-state index contributed by atoms with van der Waals surface area (Å²) in [5, 5.41) is 16.1. The van der Waals surface area contributed by atoms with Crippen molar-refractivity contribution in [3.05, 3.63) is 50.7 Å². The minimum Gasteiger partial charge on any atom is -0.508 e. The summed E-state index contributed by atoms with van der Waals surface area (Å²) >= 11 is 1.82. The first kappa shape index (κ1) is 14.6. The molecule has 0 aliphatic heterocycles. The number of phenols is 1. The van der Waals surface area contributed by atoms with Crippen LogP contribution < -0.4 is 5.32 Å². The monoisotopic (exact) mass is 301 g/mol. The fourth-order valence-electron chi connectivity index (χ4n) is 3.58. The molecule has 1 heterocycles. The first-order chi connectivity index (χ1) is 10.1. The van der Waals surface area contributed by atoms with Crippen molar-refractivity contribution in [2.75, 3.05) is 0 Å². The maximum Gasteiger partial charge on any atom is 0.120 e. The largest absolute Gasteiger partial charge is 0.508 e. The third-order valence-electron chi connectivity index (χ3n) is 4.64. The van der Waals surface area contributed by atoms with E-state index in [1.54, 1.807) is 0 Å². The second-order valence-corrected chi connectivity index (χ2v) is 7.02. The molecule has 0 fully saturated rings. The van der Waals surface area contributed by atoms with Gasteiger partial charge in [0.1, 0.15) is 5.75 Å². The Balaban J connectivity index is 1.82. The zero-order chi connectivity index (χ0) is 15.0. The number of rotatable bonds is 4. The van der Waals surface area contributed by atoms with Gasteiger partial charge < -0.3 is 10.4 Å². The standard InChI is InChI=1S/C18H23NOS/c1-4-13-7-8-21-16(13)10-19-14-9-12(3)17-11(2)5-6-15(20)18(14)17/h5-8,12,14,19-20H,4,9-10H2,1-3H3. The fourth-order valence-corrected chi connectivity index (χ4v) is 4.51. The lowest BCUT2D eigenvalue weighted by Gasteiger charge is -2.16. The van der Waals surface area contributed by atoms with Crippen LogP contribution >= 0.6 is 11.3 Å². The van der Waals surface area contributed by atoms with E-state index in [0.717, 1.165) is 24.9 Å². The Hall–Kier alpha value is -1.32. The third kappa shape index (κ3) is 2.60. The van der Waals surface area contributed by atoms with Gasteiger partial charge in [-0.2, -0.15) is 0 Å². The van der Waals surface area contributed by atoms with Crippen LogP contribution in [0.25, 0.3) is 0 Å². The lowest BCUT2D eigenvalue weighted by molar-refractivity contribution is 0.445. The van der Waals surface area contributed by atoms with E-state index >= 15 is 0 Å². The molecule has 2 nitrogen and oxygen atoms in total. The summed E-state index contributed by atoms with van der Waals surface area (Å²) in [5.74, 6) is 0.956. The quantitative estimate of drug-likeness (QED) is 0.860. The summed E-state index contributed by atoms with van der Waals surface area (Å²) < 4.78 is 0. The van der Waals surface area contributed by atoms with Crippen LogP contribution in [0.15, 0.2) is 23.6 Å². The molecule has 3 heteroatoms. The highest BCUT2D eigenvalue weighted by molar-refractivity contribution is 7.10. The molecule has 0 saturated heterocycles. The van der Waals surface area contributed by atoms with Crippen LogP contribution in [-0.2, 0) is 13.0 Å². The molecular weight excluding hydrogens is 278 g/mol. The number of hydrogen-bond acceptors (Lipinski definition) is 3. The van der Waals surface area contributed by atoms with Crippen LogP contribution in [0.5, 0.6) is 5.75 Å². The van der Waals surface area contributed by atoms with Gasteiger partial charge >= 0.3 is 0 Å². The van der Waals surface area contributed by atoms with Crippen LogP contribution in [0.4, 0.5) is 0 Å². The van der Waals surface area contributed by atoms with Gasteiger partial charge in [-0.15, -0.1) is 11.3 Å². The predicted octanol–water partition coefficient (Wildman–Crippen LogP) is 4.66. The second kappa shape index (κ2) is 5.82. The van der Waals surface area contributed by atoms with Crippen LogP contribution in [0.1, 0.15) is 59.4 Å². The lowest BCUT2D eigenvalue weighted by Crippen LogP contribution is -2.19. The molecule has 1 aromatic carbocycles. The Bertz CT molecular complexity index is 647. The molecule has 0 spiro atoms. The molecule has 3 rings (SSSR count). The van der Waals surface area contributed by atoms with Crippen molar-refractivity contribution in [2.24, 2.45) is 0 Å². The van der Waals surface area contributed by atoms with Gasteiger partial charge in [0, 0.05) is 23.0 Å². The van der Waals surface area contributed by atoms with E-state index in [1.807, 2.05) is 23.5 Å². The molecule has 0 saturated carbocycles. The minimum atomic E-state index is 0.265. The van der Waals surface area contributed by atoms with E-state index in [-0.39, 0.29) is 6.04 Å². The Labute approximate surface area is 130 Å². The Kier molecular flexibility index (Phi) is 4.05. The molecular formula is C18H23NOS. The van der Waals surface area contributed by atoms with Gasteiger partial charge in [0.15, 0.2) is 0 Å². The Morgan fingerprint density at radius 3 is 2.86 bits per heavy atom. The first-order valence-electron chi connectivity index (χ1n) is 7.72. The van der Waals surface area contributed by atoms with Gasteiger partial charge in [0.05, 0.1) is 0 Å². The molecule has 0 radical (unpaired) electrons. The van der Waals surface area contributed by atoms with Crippen molar-refractivity contribution in [1.29, 1.82) is 0 Å². The van der Waals surface area contributed by atoms with Crippen molar-refractivity contribution in [3.63, 3.8) is 0 Å². The molecule has 112 valence electrons. The van der Waals surface area contributed by atoms with Crippen molar-refractivity contribution in [3.8, 4) is 5.75 Å². The van der Waals surface area contributed by atoms with Crippen molar-refractivity contribution in [1.82, 2.24) is 5.32 Å². The average molecular weight is 301 g/mol. The maximum atomic E-state index is 10.3. The van der Waals surface area contributed by atoms with E-state index in [2.05, 4.69) is 37.5 Å². The lowest BCUT2D eigenvalue weighted by atomic mass is 9.97. The van der Waals surface area contributed by atoms with Crippen LogP contribution in [0.3, 0.4) is 0 Å². The summed E-state index contributed by atoms with van der Waals surface area (Å²) in [4.78, 5) is 1.42. The van der Waals surface area contributed by atoms with Crippen molar-refractivity contribution >= 4 is 11.3 Å². The van der Waals surface area contributed by atoms with Gasteiger partial charge in [-0.05, 0) is 59.9 Å². The number of aryl methyl sites for hydroxylation is 2. The van der Waals surface area contributed by atoms with Gasteiger partial charge in [-0.25, -0.2) is 0 Å². The number of benzene rings is 1. The van der Waals surface area contributed by atoms with E-state index in [9.17, 15) is 5.11 Å². The highest BCUT2D eigenvalue weighted by Crippen LogP contribution is 2.46. The minimum absolute atomic E-state index is 0.265. The van der Waals surface area contributed by atoms with Crippen LogP contribution in [-0.4, -0.2) is 5.11 Å². The number of aromatic hydroxyl groups is 1. The second-order valence-electron chi connectivity index (χ2n) is 6.02. The zero-order valence-electron chi connectivity index (χ0n) is 12.9. The van der Waals surface area contributed by atoms with Crippen molar-refractivity contribution in [2.45, 2.75) is 52.1 Å². The fraction of sp³-hybridized carbons (Fsp3) is 0.444. The summed E-state index contributed by atoms with van der Waals surface area (Å²) in [6, 6.07) is 6.35. The maximum absolute atomic E-state index is 10.3. The predicted molar refractivity (Wildman–Crippen MR) is 89.2 cm³/mol. The molecule has 21 heavy (non-hydrogen) atoms. The molecule has 0 amide bonds. The normalized spacial score (nSPS) is 20.7. The first-order valence-corrected chi connectivity index (χ1v) is 8.60. The summed E-state index contributed by atoms with van der Waals surface area (Å²) in [6.45, 7) is 7.50. The number of fused-ring (bicyclic) bond motifs is 1. The number of phenolic OH excluding ortho intramolecular Hbond substituents is 1.